The molecular formula is C16H16N2OS. The molecule has 1 heterocycles. The first kappa shape index (κ1) is 13.1. The number of aromatic nitrogens is 2. The molecule has 102 valence electrons. The Balaban J connectivity index is 1.78. The van der Waals surface area contributed by atoms with Crippen molar-refractivity contribution in [3.8, 4) is 5.75 Å². The van der Waals surface area contributed by atoms with Crippen molar-refractivity contribution in [1.29, 1.82) is 0 Å². The predicted octanol–water partition coefficient (Wildman–Crippen LogP) is 3.84. The Labute approximate surface area is 122 Å². The van der Waals surface area contributed by atoms with Crippen LogP contribution in [0.5, 0.6) is 5.75 Å². The molecule has 3 aromatic rings. The fourth-order valence-corrected chi connectivity index (χ4v) is 3.28. The number of phenolic OH excluding ortho intramolecular Hbond substituents is 1. The summed E-state index contributed by atoms with van der Waals surface area (Å²) in [4.78, 5) is 5.43. The molecule has 0 unspecified atom stereocenters. The third-order valence-electron chi connectivity index (χ3n) is 3.37. The van der Waals surface area contributed by atoms with Gasteiger partial charge in [-0.25, -0.2) is 4.98 Å². The van der Waals surface area contributed by atoms with E-state index in [0.717, 1.165) is 28.9 Å². The van der Waals surface area contributed by atoms with Gasteiger partial charge in [0.05, 0.1) is 0 Å². The van der Waals surface area contributed by atoms with Gasteiger partial charge >= 0.3 is 0 Å². The zero-order valence-electron chi connectivity index (χ0n) is 11.3. The minimum atomic E-state index is 0.343. The van der Waals surface area contributed by atoms with E-state index in [0.29, 0.717) is 5.75 Å². The van der Waals surface area contributed by atoms with Gasteiger partial charge in [-0.1, -0.05) is 24.3 Å². The van der Waals surface area contributed by atoms with E-state index in [1.54, 1.807) is 17.8 Å². The van der Waals surface area contributed by atoms with Crippen LogP contribution in [0.3, 0.4) is 0 Å². The van der Waals surface area contributed by atoms with E-state index in [-0.39, 0.29) is 0 Å². The van der Waals surface area contributed by atoms with Gasteiger partial charge in [0.25, 0.3) is 0 Å². The lowest BCUT2D eigenvalue weighted by Crippen LogP contribution is -2.01. The maximum Gasteiger partial charge on any atom is 0.123 e. The summed E-state index contributed by atoms with van der Waals surface area (Å²) in [7, 11) is 0. The fraction of sp³-hybridized carbons (Fsp3) is 0.188. The molecule has 2 aromatic carbocycles. The Morgan fingerprint density at radius 3 is 2.70 bits per heavy atom. The highest BCUT2D eigenvalue weighted by atomic mass is 32.2. The number of imidazole rings is 1. The van der Waals surface area contributed by atoms with Crippen molar-refractivity contribution in [1.82, 2.24) is 9.55 Å². The van der Waals surface area contributed by atoms with E-state index in [9.17, 15) is 5.11 Å². The molecule has 0 fully saturated rings. The van der Waals surface area contributed by atoms with E-state index < -0.39 is 0 Å². The van der Waals surface area contributed by atoms with Crippen molar-refractivity contribution in [2.45, 2.75) is 18.4 Å². The topological polar surface area (TPSA) is 38.0 Å². The Kier molecular flexibility index (Phi) is 3.65. The Bertz CT molecular complexity index is 736. The number of nitrogens with zero attached hydrogens (tertiary/aromatic N) is 2. The molecule has 0 aliphatic heterocycles. The number of hydrogen-bond donors (Lipinski definition) is 1. The van der Waals surface area contributed by atoms with Crippen LogP contribution in [0.15, 0.2) is 53.7 Å². The fourth-order valence-electron chi connectivity index (χ4n) is 2.28. The highest BCUT2D eigenvalue weighted by molar-refractivity contribution is 7.99. The van der Waals surface area contributed by atoms with Gasteiger partial charge in [0.1, 0.15) is 11.6 Å². The molecule has 0 amide bonds. The van der Waals surface area contributed by atoms with E-state index in [2.05, 4.69) is 15.6 Å². The Morgan fingerprint density at radius 2 is 1.95 bits per heavy atom. The van der Waals surface area contributed by atoms with Gasteiger partial charge in [0, 0.05) is 35.0 Å². The quantitative estimate of drug-likeness (QED) is 0.740. The van der Waals surface area contributed by atoms with Gasteiger partial charge in [-0.05, 0) is 24.4 Å². The molecule has 0 bridgehead atoms. The molecule has 0 radical (unpaired) electrons. The first-order valence-electron chi connectivity index (χ1n) is 6.57. The second-order valence-corrected chi connectivity index (χ2v) is 5.78. The van der Waals surface area contributed by atoms with Gasteiger partial charge < -0.3 is 9.67 Å². The molecule has 20 heavy (non-hydrogen) atoms. The first-order valence-corrected chi connectivity index (χ1v) is 7.55. The summed E-state index contributed by atoms with van der Waals surface area (Å²) in [5.74, 6) is 2.36. The predicted molar refractivity (Wildman–Crippen MR) is 83.3 cm³/mol. The van der Waals surface area contributed by atoms with Crippen LogP contribution in [0.2, 0.25) is 0 Å². The molecule has 0 aliphatic rings. The van der Waals surface area contributed by atoms with Crippen molar-refractivity contribution in [3.63, 3.8) is 0 Å². The van der Waals surface area contributed by atoms with Gasteiger partial charge in [-0.2, -0.15) is 0 Å². The summed E-state index contributed by atoms with van der Waals surface area (Å²) < 4.78 is 2.15. The Hall–Kier alpha value is -1.94. The number of benzene rings is 2. The summed E-state index contributed by atoms with van der Waals surface area (Å²) in [6.45, 7) is 2.95. The van der Waals surface area contributed by atoms with Crippen LogP contribution in [-0.4, -0.2) is 20.4 Å². The highest BCUT2D eigenvalue weighted by Gasteiger charge is 2.05. The molecule has 0 aliphatic carbocycles. The van der Waals surface area contributed by atoms with Gasteiger partial charge in [0.15, 0.2) is 0 Å². The lowest BCUT2D eigenvalue weighted by molar-refractivity contribution is 0.481. The van der Waals surface area contributed by atoms with Crippen LogP contribution in [0.1, 0.15) is 5.82 Å². The summed E-state index contributed by atoms with van der Waals surface area (Å²) in [5, 5.41) is 11.9. The third-order valence-corrected chi connectivity index (χ3v) is 4.43. The second-order valence-electron chi connectivity index (χ2n) is 4.64. The average molecular weight is 284 g/mol. The molecule has 3 nitrogen and oxygen atoms in total. The van der Waals surface area contributed by atoms with Crippen molar-refractivity contribution >= 4 is 22.5 Å². The van der Waals surface area contributed by atoms with E-state index in [1.807, 2.05) is 43.6 Å². The number of rotatable bonds is 4. The van der Waals surface area contributed by atoms with Crippen molar-refractivity contribution in [2.75, 3.05) is 5.75 Å². The smallest absolute Gasteiger partial charge is 0.123 e. The molecule has 4 heteroatoms. The summed E-state index contributed by atoms with van der Waals surface area (Å²) in [5.41, 5.74) is 0. The lowest BCUT2D eigenvalue weighted by atomic mass is 10.1. The molecule has 0 saturated carbocycles. The molecular weight excluding hydrogens is 268 g/mol. The van der Waals surface area contributed by atoms with Crippen molar-refractivity contribution < 1.29 is 5.11 Å². The number of aryl methyl sites for hydroxylation is 2. The molecule has 0 saturated heterocycles. The number of thioether (sulfide) groups is 1. The summed E-state index contributed by atoms with van der Waals surface area (Å²) in [6.07, 6.45) is 3.83. The standard InChI is InChI=1S/C16H16N2OS/c1-12-17-8-9-18(12)10-11-20-16-7-6-15(19)13-4-2-3-5-14(13)16/h2-9,19H,10-11H2,1H3. The SMILES string of the molecule is Cc1nccn1CCSc1ccc(O)c2ccccc12. The van der Waals surface area contributed by atoms with Crippen LogP contribution in [-0.2, 0) is 6.54 Å². The molecule has 0 atom stereocenters. The summed E-state index contributed by atoms with van der Waals surface area (Å²) in [6, 6.07) is 11.7. The van der Waals surface area contributed by atoms with Crippen LogP contribution < -0.4 is 0 Å². The largest absolute Gasteiger partial charge is 0.507 e. The number of phenols is 1. The molecule has 0 spiro atoms. The van der Waals surface area contributed by atoms with E-state index in [4.69, 9.17) is 0 Å². The second kappa shape index (κ2) is 5.59. The van der Waals surface area contributed by atoms with Crippen LogP contribution in [0.4, 0.5) is 0 Å². The minimum Gasteiger partial charge on any atom is -0.507 e. The zero-order valence-corrected chi connectivity index (χ0v) is 12.1. The molecule has 3 rings (SSSR count). The minimum absolute atomic E-state index is 0.343. The normalized spacial score (nSPS) is 11.1. The lowest BCUT2D eigenvalue weighted by Gasteiger charge is -2.09. The van der Waals surface area contributed by atoms with Gasteiger partial charge in [-0.3, -0.25) is 0 Å². The monoisotopic (exact) mass is 284 g/mol. The zero-order chi connectivity index (χ0) is 13.9. The summed E-state index contributed by atoms with van der Waals surface area (Å²) >= 11 is 1.81. The van der Waals surface area contributed by atoms with Crippen LogP contribution in [0.25, 0.3) is 10.8 Å². The van der Waals surface area contributed by atoms with Crippen LogP contribution in [0, 0.1) is 6.92 Å². The first-order chi connectivity index (χ1) is 9.75. The highest BCUT2D eigenvalue weighted by Crippen LogP contribution is 2.33. The van der Waals surface area contributed by atoms with Crippen LogP contribution >= 0.6 is 11.8 Å². The van der Waals surface area contributed by atoms with E-state index in [1.165, 1.54) is 4.90 Å². The number of fused-ring (bicyclic) bond motifs is 1. The van der Waals surface area contributed by atoms with Gasteiger partial charge in [-0.15, -0.1) is 11.8 Å². The van der Waals surface area contributed by atoms with E-state index >= 15 is 0 Å². The number of hydrogen-bond acceptors (Lipinski definition) is 3. The van der Waals surface area contributed by atoms with Gasteiger partial charge in [0.2, 0.25) is 0 Å². The maximum absolute atomic E-state index is 9.89. The van der Waals surface area contributed by atoms with Crippen molar-refractivity contribution in [2.24, 2.45) is 0 Å². The molecule has 1 N–H and O–H groups in total. The third kappa shape index (κ3) is 2.51. The average Bonchev–Trinajstić information content (AvgIpc) is 2.87. The Morgan fingerprint density at radius 1 is 1.15 bits per heavy atom. The van der Waals surface area contributed by atoms with Crippen molar-refractivity contribution in [3.05, 3.63) is 54.6 Å². The molecule has 1 aromatic heterocycles. The number of aromatic hydroxyl groups is 1. The maximum atomic E-state index is 9.89.